The molecule has 11 nitrogen and oxygen atoms in total. The second-order valence-corrected chi connectivity index (χ2v) is 11.8. The maximum Gasteiger partial charge on any atom is 0.335 e. The quantitative estimate of drug-likeness (QED) is 0.307. The molecule has 3 saturated heterocycles. The summed E-state index contributed by atoms with van der Waals surface area (Å²) < 4.78 is 27.7. The van der Waals surface area contributed by atoms with Crippen LogP contribution in [0, 0.1) is 22.6 Å². The number of ether oxygens (including phenoxy) is 2. The average molecular weight is 597 g/mol. The molecule has 3 fully saturated rings. The van der Waals surface area contributed by atoms with Gasteiger partial charge in [-0.3, -0.25) is 14.6 Å². The molecule has 2 aromatic carbocycles. The number of fused-ring (bicyclic) bond motifs is 1. The smallest absolute Gasteiger partial charge is 0.335 e. The molecule has 3 aliphatic rings. The van der Waals surface area contributed by atoms with Crippen molar-refractivity contribution in [3.05, 3.63) is 82.9 Å². The van der Waals surface area contributed by atoms with Crippen LogP contribution < -0.4 is 9.64 Å². The number of aromatic nitrogens is 3. The van der Waals surface area contributed by atoms with Crippen molar-refractivity contribution in [2.75, 3.05) is 31.1 Å². The Morgan fingerprint density at radius 1 is 1.16 bits per heavy atom. The first-order valence-electron chi connectivity index (χ1n) is 14.4. The number of likely N-dealkylation sites (tertiary alicyclic amines) is 1. The van der Waals surface area contributed by atoms with E-state index in [1.165, 1.54) is 18.2 Å². The van der Waals surface area contributed by atoms with Crippen LogP contribution >= 0.6 is 0 Å². The minimum Gasteiger partial charge on any atom is -0.478 e. The third-order valence-corrected chi connectivity index (χ3v) is 8.60. The topological polar surface area (TPSA) is 134 Å². The number of carboxylic acids is 1. The summed E-state index contributed by atoms with van der Waals surface area (Å²) in [4.78, 5) is 38.0. The van der Waals surface area contributed by atoms with Gasteiger partial charge in [-0.1, -0.05) is 12.1 Å². The van der Waals surface area contributed by atoms with E-state index in [0.717, 1.165) is 29.9 Å². The van der Waals surface area contributed by atoms with Crippen LogP contribution in [0.1, 0.15) is 40.2 Å². The van der Waals surface area contributed by atoms with Gasteiger partial charge in [-0.05, 0) is 42.8 Å². The number of hydrogen-bond donors (Lipinski definition) is 1. The number of amides is 1. The van der Waals surface area contributed by atoms with Gasteiger partial charge in [0, 0.05) is 49.7 Å². The number of benzene rings is 2. The Balaban J connectivity index is 1.02. The summed E-state index contributed by atoms with van der Waals surface area (Å²) in [6, 6.07) is 16.3. The van der Waals surface area contributed by atoms with Gasteiger partial charge < -0.3 is 19.1 Å². The number of nitriles is 1. The van der Waals surface area contributed by atoms with Crippen molar-refractivity contribution in [2.45, 2.75) is 38.6 Å². The number of rotatable bonds is 9. The van der Waals surface area contributed by atoms with E-state index in [9.17, 15) is 19.1 Å². The van der Waals surface area contributed by atoms with Crippen LogP contribution in [-0.2, 0) is 29.2 Å². The molecule has 5 heterocycles. The normalized spacial score (nSPS) is 19.1. The number of nitrogens with zero attached hydrogens (tertiary/aromatic N) is 6. The Hall–Kier alpha value is -4.86. The van der Waals surface area contributed by atoms with E-state index in [4.69, 9.17) is 19.7 Å². The van der Waals surface area contributed by atoms with E-state index in [0.29, 0.717) is 50.5 Å². The molecule has 0 unspecified atom stereocenters. The molecule has 44 heavy (non-hydrogen) atoms. The fraction of sp³-hybridized carbons (Fsp3) is 0.344. The molecule has 0 radical (unpaired) electrons. The Labute approximate surface area is 252 Å². The second-order valence-electron chi connectivity index (χ2n) is 11.8. The minimum atomic E-state index is -0.979. The minimum absolute atomic E-state index is 0.0111. The highest BCUT2D eigenvalue weighted by molar-refractivity contribution is 5.96. The van der Waals surface area contributed by atoms with Gasteiger partial charge >= 0.3 is 5.97 Å². The van der Waals surface area contributed by atoms with Crippen LogP contribution in [0.15, 0.2) is 54.6 Å². The third kappa shape index (κ3) is 5.25. The second kappa shape index (κ2) is 11.0. The summed E-state index contributed by atoms with van der Waals surface area (Å²) in [6.45, 7) is 3.81. The van der Waals surface area contributed by atoms with Crippen LogP contribution in [-0.4, -0.2) is 68.8 Å². The molecule has 1 amide bonds. The summed E-state index contributed by atoms with van der Waals surface area (Å²) >= 11 is 0. The highest BCUT2D eigenvalue weighted by atomic mass is 19.1. The fourth-order valence-electron chi connectivity index (χ4n) is 6.31. The van der Waals surface area contributed by atoms with Crippen molar-refractivity contribution in [3.8, 4) is 11.9 Å². The number of carbonyl (C=O) groups is 2. The first kappa shape index (κ1) is 27.9. The van der Waals surface area contributed by atoms with Gasteiger partial charge in [0.25, 0.3) is 0 Å². The maximum absolute atomic E-state index is 14.3. The molecule has 1 N–H and O–H groups in total. The number of pyridine rings is 1. The van der Waals surface area contributed by atoms with E-state index in [-0.39, 0.29) is 41.0 Å². The zero-order valence-electron chi connectivity index (χ0n) is 23.8. The van der Waals surface area contributed by atoms with E-state index in [1.807, 2.05) is 6.07 Å². The van der Waals surface area contributed by atoms with Gasteiger partial charge in [0.2, 0.25) is 11.8 Å². The molecular weight excluding hydrogens is 567 g/mol. The first-order chi connectivity index (χ1) is 21.3. The molecule has 0 bridgehead atoms. The highest BCUT2D eigenvalue weighted by Gasteiger charge is 2.52. The summed E-state index contributed by atoms with van der Waals surface area (Å²) in [5, 5.41) is 18.4. The monoisotopic (exact) mass is 596 g/mol. The number of anilines is 1. The number of halogens is 1. The van der Waals surface area contributed by atoms with Crippen LogP contribution in [0.5, 0.6) is 5.88 Å². The molecule has 0 aliphatic carbocycles. The van der Waals surface area contributed by atoms with Crippen molar-refractivity contribution >= 4 is 28.7 Å². The largest absolute Gasteiger partial charge is 0.478 e. The number of carboxylic acid groups (broad SMARTS) is 1. The zero-order chi connectivity index (χ0) is 30.4. The summed E-state index contributed by atoms with van der Waals surface area (Å²) in [7, 11) is 0. The molecule has 224 valence electrons. The van der Waals surface area contributed by atoms with Gasteiger partial charge in [0.1, 0.15) is 24.1 Å². The molecule has 4 aromatic rings. The van der Waals surface area contributed by atoms with Crippen molar-refractivity contribution in [1.29, 1.82) is 5.26 Å². The predicted octanol–water partition coefficient (Wildman–Crippen LogP) is 3.75. The molecule has 0 saturated carbocycles. The van der Waals surface area contributed by atoms with Crippen molar-refractivity contribution in [3.63, 3.8) is 0 Å². The van der Waals surface area contributed by atoms with Crippen LogP contribution in [0.25, 0.3) is 11.0 Å². The SMILES string of the molecule is N#Cc1ccc(COc2cccc(N3CC4(CC3=O)CN(Cc3nc5ccc(C(=O)O)cc5n3C[C@@H]3CCO3)C4)n2)c(F)c1. The van der Waals surface area contributed by atoms with Crippen molar-refractivity contribution < 1.29 is 28.6 Å². The van der Waals surface area contributed by atoms with Crippen LogP contribution in [0.4, 0.5) is 10.2 Å². The Bertz CT molecular complexity index is 1820. The van der Waals surface area contributed by atoms with Gasteiger partial charge in [-0.2, -0.15) is 10.2 Å². The molecule has 1 atom stereocenters. The highest BCUT2D eigenvalue weighted by Crippen LogP contribution is 2.42. The molecular formula is C32H29FN6O5. The Morgan fingerprint density at radius 2 is 2.00 bits per heavy atom. The van der Waals surface area contributed by atoms with E-state index in [2.05, 4.69) is 14.5 Å². The lowest BCUT2D eigenvalue weighted by molar-refractivity contribution is -0.119. The van der Waals surface area contributed by atoms with Crippen molar-refractivity contribution in [2.24, 2.45) is 5.41 Å². The molecule has 7 rings (SSSR count). The van der Waals surface area contributed by atoms with E-state index >= 15 is 0 Å². The van der Waals surface area contributed by atoms with Gasteiger partial charge in [-0.15, -0.1) is 0 Å². The third-order valence-electron chi connectivity index (χ3n) is 8.60. The van der Waals surface area contributed by atoms with Gasteiger partial charge in [-0.25, -0.2) is 14.2 Å². The summed E-state index contributed by atoms with van der Waals surface area (Å²) in [5.74, 6) is 0.0916. The Morgan fingerprint density at radius 3 is 2.73 bits per heavy atom. The molecule has 12 heteroatoms. The lowest BCUT2D eigenvalue weighted by Gasteiger charge is -2.47. The predicted molar refractivity (Wildman–Crippen MR) is 155 cm³/mol. The van der Waals surface area contributed by atoms with E-state index < -0.39 is 11.8 Å². The zero-order valence-corrected chi connectivity index (χ0v) is 23.8. The van der Waals surface area contributed by atoms with Gasteiger partial charge in [0.05, 0.1) is 47.4 Å². The standard InChI is InChI=1S/C32H29FN6O5/c33-24-10-20(13-34)4-5-22(24)16-44-29-3-1-2-27(36-29)39-19-32(12-30(39)40)17-37(18-32)15-28-35-25-7-6-21(31(41)42)11-26(25)38(28)14-23-8-9-43-23/h1-7,10-11,23H,8-9,12,14-19H2,(H,41,42)/t23-/m0/s1. The number of aromatic carboxylic acids is 1. The first-order valence-corrected chi connectivity index (χ1v) is 14.4. The fourth-order valence-corrected chi connectivity index (χ4v) is 6.31. The summed E-state index contributed by atoms with van der Waals surface area (Å²) in [6.07, 6.45) is 1.44. The average Bonchev–Trinajstić information content (AvgIpc) is 3.50. The molecule has 3 aliphatic heterocycles. The summed E-state index contributed by atoms with van der Waals surface area (Å²) in [5.41, 5.74) is 2.08. The van der Waals surface area contributed by atoms with Crippen molar-refractivity contribution in [1.82, 2.24) is 19.4 Å². The number of hydrogen-bond acceptors (Lipinski definition) is 8. The van der Waals surface area contributed by atoms with Gasteiger partial charge in [0.15, 0.2) is 0 Å². The van der Waals surface area contributed by atoms with E-state index in [1.54, 1.807) is 41.3 Å². The maximum atomic E-state index is 14.3. The number of carbonyl (C=O) groups excluding carboxylic acids is 1. The Kier molecular flexibility index (Phi) is 6.99. The van der Waals surface area contributed by atoms with Crippen LogP contribution in [0.3, 0.4) is 0 Å². The lowest BCUT2D eigenvalue weighted by Crippen LogP contribution is -2.57. The van der Waals surface area contributed by atoms with Crippen LogP contribution in [0.2, 0.25) is 0 Å². The molecule has 1 spiro atoms. The molecule has 2 aromatic heterocycles. The lowest BCUT2D eigenvalue weighted by atomic mass is 9.79. The number of imidazole rings is 1.